The fraction of sp³-hybridized carbons (Fsp3) is 0.130. The summed E-state index contributed by atoms with van der Waals surface area (Å²) in [5.41, 5.74) is 7.37. The first-order chi connectivity index (χ1) is 28.6. The molecule has 0 radical (unpaired) electrons. The van der Waals surface area contributed by atoms with E-state index in [1.165, 1.54) is 46.9 Å². The van der Waals surface area contributed by atoms with Crippen LogP contribution in [0.25, 0.3) is 96.3 Å². The molecule has 0 amide bonds. The minimum absolute atomic E-state index is 0. The van der Waals surface area contributed by atoms with Gasteiger partial charge in [0.1, 0.15) is 5.82 Å². The number of hydrogen-bond acceptors (Lipinski definition) is 5. The second-order valence-corrected chi connectivity index (χ2v) is 19.1. The first-order valence-corrected chi connectivity index (χ1v) is 21.7. The smallest absolute Gasteiger partial charge is 0.289 e. The molecule has 0 saturated carbocycles. The number of pyridine rings is 1. The monoisotopic (exact) mass is 988 g/mol. The molecule has 11 aromatic rings. The topological polar surface area (TPSA) is 38.7 Å². The van der Waals surface area contributed by atoms with Crippen molar-refractivity contribution in [3.63, 3.8) is 0 Å². The molecule has 7 aromatic carbocycles. The van der Waals surface area contributed by atoms with Crippen LogP contribution in [0, 0.1) is 12.1 Å². The molecule has 0 aliphatic rings. The van der Waals surface area contributed by atoms with Crippen LogP contribution in [0.4, 0.5) is 0 Å². The van der Waals surface area contributed by atoms with Crippen LogP contribution in [-0.2, 0) is 31.9 Å². The second kappa shape index (κ2) is 14.6. The zero-order valence-corrected chi connectivity index (χ0v) is 37.7. The zero-order valence-electron chi connectivity index (χ0n) is 33.8. The van der Waals surface area contributed by atoms with E-state index >= 15 is 0 Å². The number of nitrogens with zero attached hydrogens (tertiary/aromatic N) is 3. The molecule has 4 aromatic heterocycles. The summed E-state index contributed by atoms with van der Waals surface area (Å²) in [4.78, 5) is 18.1. The number of thiophene rings is 2. The summed E-state index contributed by atoms with van der Waals surface area (Å²) in [6, 6.07) is 59.0. The molecule has 6 heteroatoms. The van der Waals surface area contributed by atoms with Crippen LogP contribution in [0.3, 0.4) is 0 Å². The fourth-order valence-electron chi connectivity index (χ4n) is 8.73. The third-order valence-electron chi connectivity index (χ3n) is 11.7. The van der Waals surface area contributed by atoms with Gasteiger partial charge in [-0.1, -0.05) is 146 Å². The predicted molar refractivity (Wildman–Crippen MR) is 252 cm³/mol. The van der Waals surface area contributed by atoms with E-state index in [0.717, 1.165) is 65.8 Å². The van der Waals surface area contributed by atoms with Crippen LogP contribution >= 0.6 is 22.7 Å². The van der Waals surface area contributed by atoms with E-state index in [9.17, 15) is 0 Å². The molecule has 0 aliphatic carbocycles. The molecular formula is C54H39N3PtS2. The van der Waals surface area contributed by atoms with Gasteiger partial charge in [-0.05, 0) is 68.4 Å². The van der Waals surface area contributed by atoms with Gasteiger partial charge in [0.15, 0.2) is 0 Å². The Bertz CT molecular complexity index is 3450. The molecule has 11 rings (SSSR count). The minimum Gasteiger partial charge on any atom is -0.289 e. The molecule has 4 heterocycles. The summed E-state index contributed by atoms with van der Waals surface area (Å²) in [7, 11) is 0. The van der Waals surface area contributed by atoms with Crippen molar-refractivity contribution < 1.29 is 21.1 Å². The van der Waals surface area contributed by atoms with E-state index in [-0.39, 0.29) is 26.5 Å². The summed E-state index contributed by atoms with van der Waals surface area (Å²) >= 11 is 3.69. The number of aromatic nitrogens is 3. The summed E-state index contributed by atoms with van der Waals surface area (Å²) in [5.74, 6) is 0.724. The maximum Gasteiger partial charge on any atom is 2.00 e. The second-order valence-electron chi connectivity index (χ2n) is 17.0. The Morgan fingerprint density at radius 3 is 2.08 bits per heavy atom. The summed E-state index contributed by atoms with van der Waals surface area (Å²) in [6.45, 7) is 11.5. The number of rotatable bonds is 5. The zero-order chi connectivity index (χ0) is 40.0. The van der Waals surface area contributed by atoms with Crippen molar-refractivity contribution in [2.24, 2.45) is 0 Å². The molecule has 0 aliphatic heterocycles. The van der Waals surface area contributed by atoms with Crippen molar-refractivity contribution in [1.29, 1.82) is 0 Å². The van der Waals surface area contributed by atoms with E-state index in [0.29, 0.717) is 0 Å². The SMILES string of the molecule is CC(C)(C)c1sc2c(-c3cc4c(sc5ccccc54)c(C(C)(C)c4nc(-c5[c-]cccc5)c5ccc6ccccc6c5n4)n3)[c-]c3ccccc3c2c1-c1ccccc1.[Pt+2]. The van der Waals surface area contributed by atoms with Crippen LogP contribution in [-0.4, -0.2) is 15.0 Å². The summed E-state index contributed by atoms with van der Waals surface area (Å²) in [6.07, 6.45) is 0. The fourth-order valence-corrected chi connectivity index (χ4v) is 11.5. The number of fused-ring (bicyclic) bond motifs is 9. The van der Waals surface area contributed by atoms with E-state index in [1.54, 1.807) is 11.3 Å². The van der Waals surface area contributed by atoms with E-state index in [4.69, 9.17) is 15.0 Å². The van der Waals surface area contributed by atoms with Gasteiger partial charge in [-0.15, -0.1) is 64.8 Å². The minimum atomic E-state index is -0.707. The molecule has 292 valence electrons. The molecule has 0 atom stereocenters. The Morgan fingerprint density at radius 1 is 0.583 bits per heavy atom. The van der Waals surface area contributed by atoms with Crippen molar-refractivity contribution in [2.75, 3.05) is 0 Å². The molecule has 0 saturated heterocycles. The van der Waals surface area contributed by atoms with Crippen molar-refractivity contribution in [3.05, 3.63) is 174 Å². The first-order valence-electron chi connectivity index (χ1n) is 20.1. The molecule has 3 nitrogen and oxygen atoms in total. The Kier molecular flexibility index (Phi) is 9.37. The van der Waals surface area contributed by atoms with Crippen molar-refractivity contribution in [3.8, 4) is 33.6 Å². The van der Waals surface area contributed by atoms with Crippen molar-refractivity contribution in [1.82, 2.24) is 15.0 Å². The van der Waals surface area contributed by atoms with E-state index in [2.05, 4.69) is 180 Å². The maximum atomic E-state index is 5.79. The number of benzene rings is 7. The Balaban J connectivity index is 0.00000433. The third kappa shape index (κ3) is 6.13. The maximum absolute atomic E-state index is 5.79. The first kappa shape index (κ1) is 38.6. The largest absolute Gasteiger partial charge is 2.00 e. The van der Waals surface area contributed by atoms with Gasteiger partial charge >= 0.3 is 21.1 Å². The molecule has 0 fully saturated rings. The predicted octanol–water partition coefficient (Wildman–Crippen LogP) is 15.1. The van der Waals surface area contributed by atoms with Gasteiger partial charge in [0.2, 0.25) is 0 Å². The van der Waals surface area contributed by atoms with Crippen LogP contribution in [0.15, 0.2) is 146 Å². The van der Waals surface area contributed by atoms with Crippen molar-refractivity contribution >= 4 is 85.4 Å². The van der Waals surface area contributed by atoms with Gasteiger partial charge in [0, 0.05) is 20.7 Å². The average molecular weight is 989 g/mol. The van der Waals surface area contributed by atoms with Gasteiger partial charge in [-0.25, -0.2) is 4.98 Å². The summed E-state index contributed by atoms with van der Waals surface area (Å²) < 4.78 is 3.59. The van der Waals surface area contributed by atoms with E-state index in [1.807, 2.05) is 23.5 Å². The molecule has 0 unspecified atom stereocenters. The van der Waals surface area contributed by atoms with Crippen LogP contribution in [0.2, 0.25) is 0 Å². The van der Waals surface area contributed by atoms with E-state index < -0.39 is 5.41 Å². The van der Waals surface area contributed by atoms with Crippen LogP contribution in [0.1, 0.15) is 51.0 Å². The van der Waals surface area contributed by atoms with Gasteiger partial charge < -0.3 is 0 Å². The molecular weight excluding hydrogens is 950 g/mol. The Morgan fingerprint density at radius 2 is 1.30 bits per heavy atom. The Labute approximate surface area is 372 Å². The third-order valence-corrected chi connectivity index (χ3v) is 14.5. The van der Waals surface area contributed by atoms with Crippen LogP contribution in [0.5, 0.6) is 0 Å². The normalized spacial score (nSPS) is 12.3. The van der Waals surface area contributed by atoms with Gasteiger partial charge in [-0.3, -0.25) is 9.97 Å². The van der Waals surface area contributed by atoms with Gasteiger partial charge in [0.05, 0.1) is 21.3 Å². The van der Waals surface area contributed by atoms with Gasteiger partial charge in [-0.2, -0.15) is 11.3 Å². The summed E-state index contributed by atoms with van der Waals surface area (Å²) in [5, 5.41) is 9.22. The molecule has 0 spiro atoms. The Hall–Kier alpha value is -5.58. The average Bonchev–Trinajstić information content (AvgIpc) is 3.86. The van der Waals surface area contributed by atoms with Crippen LogP contribution < -0.4 is 0 Å². The quantitative estimate of drug-likeness (QED) is 0.127. The van der Waals surface area contributed by atoms with Gasteiger partial charge in [0.25, 0.3) is 0 Å². The standard InChI is InChI=1S/C54H39N3S2.Pt/c1-53(2,3)51-44(33-19-8-6-9-20-33)45-36-24-14-13-23-35(36)30-41(48(45)59-51)42-31-40-38-26-16-17-27-43(38)58-49(40)50(55-42)54(4,5)52-56-46(34-21-10-7-11-22-34)39-29-28-32-18-12-15-25-37(32)47(39)57-52;/h6-21,23-29,31H,1-5H3;/q-2;+2. The molecule has 60 heavy (non-hydrogen) atoms. The molecule has 0 bridgehead atoms. The molecule has 0 N–H and O–H groups in total. The van der Waals surface area contributed by atoms with Crippen molar-refractivity contribution in [2.45, 2.75) is 45.4 Å². The number of hydrogen-bond donors (Lipinski definition) is 0.